The fourth-order valence-electron chi connectivity index (χ4n) is 1.30. The molecule has 1 rings (SSSR count). The highest BCUT2D eigenvalue weighted by Crippen LogP contribution is 2.01. The largest absolute Gasteiger partial charge is 0.395 e. The average Bonchev–Trinajstić information content (AvgIpc) is 2.38. The Labute approximate surface area is 118 Å². The molecule has 0 saturated heterocycles. The first-order valence-corrected chi connectivity index (χ1v) is 7.99. The van der Waals surface area contributed by atoms with Crippen molar-refractivity contribution in [1.29, 1.82) is 0 Å². The van der Waals surface area contributed by atoms with Gasteiger partial charge in [0.2, 0.25) is 0 Å². The summed E-state index contributed by atoms with van der Waals surface area (Å²) >= 11 is 0. The summed E-state index contributed by atoms with van der Waals surface area (Å²) in [5, 5.41) is 11.1. The molecule has 6 nitrogen and oxygen atoms in total. The third kappa shape index (κ3) is 6.31. The van der Waals surface area contributed by atoms with Crippen LogP contribution < -0.4 is 5.32 Å². The molecule has 1 heterocycles. The van der Waals surface area contributed by atoms with Crippen LogP contribution in [0.25, 0.3) is 0 Å². The van der Waals surface area contributed by atoms with E-state index in [1.807, 2.05) is 0 Å². The van der Waals surface area contributed by atoms with E-state index in [9.17, 15) is 13.2 Å². The van der Waals surface area contributed by atoms with E-state index in [1.54, 1.807) is 6.07 Å². The van der Waals surface area contributed by atoms with Gasteiger partial charge in [-0.3, -0.25) is 9.78 Å². The minimum Gasteiger partial charge on any atom is -0.395 e. The summed E-state index contributed by atoms with van der Waals surface area (Å²) in [5.74, 6) is 5.00. The molecule has 0 fully saturated rings. The van der Waals surface area contributed by atoms with Crippen LogP contribution in [0.2, 0.25) is 0 Å². The number of carbonyl (C=O) groups is 1. The number of nitrogens with one attached hydrogen (secondary N) is 1. The van der Waals surface area contributed by atoms with Gasteiger partial charge in [-0.05, 0) is 6.07 Å². The number of hydrogen-bond donors (Lipinski definition) is 2. The number of rotatable bonds is 5. The maximum absolute atomic E-state index is 11.8. The Hall–Kier alpha value is -1.91. The Morgan fingerprint density at radius 3 is 2.85 bits per heavy atom. The van der Waals surface area contributed by atoms with Crippen LogP contribution in [0.15, 0.2) is 18.5 Å². The van der Waals surface area contributed by atoms with Crippen LogP contribution in [0, 0.1) is 11.8 Å². The molecule has 0 aromatic carbocycles. The minimum absolute atomic E-state index is 0.0217. The third-order valence-electron chi connectivity index (χ3n) is 2.23. The third-order valence-corrected chi connectivity index (χ3v) is 3.17. The lowest BCUT2D eigenvalue weighted by atomic mass is 10.2. The highest BCUT2D eigenvalue weighted by atomic mass is 32.2. The zero-order valence-electron chi connectivity index (χ0n) is 11.1. The van der Waals surface area contributed by atoms with Crippen molar-refractivity contribution in [2.24, 2.45) is 0 Å². The van der Waals surface area contributed by atoms with Gasteiger partial charge in [-0.25, -0.2) is 8.42 Å². The summed E-state index contributed by atoms with van der Waals surface area (Å²) in [6.45, 7) is 0.0319. The predicted molar refractivity (Wildman–Crippen MR) is 74.9 cm³/mol. The predicted octanol–water partition coefficient (Wildman–Crippen LogP) is -0.410. The van der Waals surface area contributed by atoms with Crippen LogP contribution in [0.3, 0.4) is 0 Å². The normalized spacial score (nSPS) is 10.5. The van der Waals surface area contributed by atoms with Crippen LogP contribution in [0.5, 0.6) is 0 Å². The van der Waals surface area contributed by atoms with Crippen molar-refractivity contribution in [3.63, 3.8) is 0 Å². The van der Waals surface area contributed by atoms with Gasteiger partial charge >= 0.3 is 0 Å². The van der Waals surface area contributed by atoms with Gasteiger partial charge < -0.3 is 10.4 Å². The van der Waals surface area contributed by atoms with E-state index in [0.717, 1.165) is 6.26 Å². The number of aliphatic hydroxyl groups excluding tert-OH is 1. The van der Waals surface area contributed by atoms with Crippen molar-refractivity contribution in [3.8, 4) is 11.8 Å². The fourth-order valence-corrected chi connectivity index (χ4v) is 1.78. The molecule has 0 bridgehead atoms. The molecule has 0 spiro atoms. The topological polar surface area (TPSA) is 96.4 Å². The van der Waals surface area contributed by atoms with Gasteiger partial charge in [0.1, 0.15) is 9.84 Å². The molecule has 0 atom stereocenters. The van der Waals surface area contributed by atoms with Crippen LogP contribution >= 0.6 is 0 Å². The Balaban J connectivity index is 2.65. The van der Waals surface area contributed by atoms with Gasteiger partial charge in [-0.1, -0.05) is 11.8 Å². The molecule has 2 N–H and O–H groups in total. The Bertz CT molecular complexity index is 629. The number of carbonyl (C=O) groups excluding carboxylic acids is 1. The molecule has 7 heteroatoms. The van der Waals surface area contributed by atoms with Gasteiger partial charge in [0, 0.05) is 37.2 Å². The van der Waals surface area contributed by atoms with E-state index in [-0.39, 0.29) is 18.9 Å². The number of aliphatic hydroxyl groups is 1. The van der Waals surface area contributed by atoms with E-state index in [0.29, 0.717) is 17.5 Å². The van der Waals surface area contributed by atoms with Gasteiger partial charge in [-0.15, -0.1) is 0 Å². The second-order valence-corrected chi connectivity index (χ2v) is 6.38. The fraction of sp³-hybridized carbons (Fsp3) is 0.385. The molecule has 108 valence electrons. The van der Waals surface area contributed by atoms with Gasteiger partial charge in [0.25, 0.3) is 5.91 Å². The second-order valence-electron chi connectivity index (χ2n) is 4.12. The van der Waals surface area contributed by atoms with Crippen molar-refractivity contribution < 1.29 is 18.3 Å². The lowest BCUT2D eigenvalue weighted by Crippen LogP contribution is -2.28. The van der Waals surface area contributed by atoms with Crippen molar-refractivity contribution in [2.45, 2.75) is 6.42 Å². The van der Waals surface area contributed by atoms with Crippen LogP contribution in [-0.2, 0) is 9.84 Å². The Kier molecular flexibility index (Phi) is 6.15. The summed E-state index contributed by atoms with van der Waals surface area (Å²) in [6.07, 6.45) is 4.35. The summed E-state index contributed by atoms with van der Waals surface area (Å²) in [6, 6.07) is 1.56. The molecule has 0 saturated carbocycles. The zero-order valence-corrected chi connectivity index (χ0v) is 11.9. The molecular formula is C13H16N2O4S. The number of nitrogens with zero attached hydrogens (tertiary/aromatic N) is 1. The first kappa shape index (κ1) is 16.1. The molecule has 20 heavy (non-hydrogen) atoms. The van der Waals surface area contributed by atoms with E-state index >= 15 is 0 Å². The van der Waals surface area contributed by atoms with Gasteiger partial charge in [0.05, 0.1) is 17.9 Å². The Morgan fingerprint density at radius 1 is 1.45 bits per heavy atom. The molecule has 0 radical (unpaired) electrons. The Morgan fingerprint density at radius 2 is 2.20 bits per heavy atom. The van der Waals surface area contributed by atoms with Crippen molar-refractivity contribution in [2.75, 3.05) is 25.2 Å². The number of sulfone groups is 1. The number of amides is 1. The number of pyridine rings is 1. The van der Waals surface area contributed by atoms with Crippen molar-refractivity contribution in [1.82, 2.24) is 10.3 Å². The van der Waals surface area contributed by atoms with Crippen molar-refractivity contribution >= 4 is 15.7 Å². The molecule has 1 aromatic rings. The maximum Gasteiger partial charge on any atom is 0.252 e. The summed E-state index contributed by atoms with van der Waals surface area (Å²) in [7, 11) is -3.10. The highest BCUT2D eigenvalue weighted by molar-refractivity contribution is 7.90. The van der Waals surface area contributed by atoms with E-state index in [4.69, 9.17) is 5.11 Å². The highest BCUT2D eigenvalue weighted by Gasteiger charge is 2.08. The molecule has 0 aliphatic heterocycles. The quantitative estimate of drug-likeness (QED) is 0.720. The molecular weight excluding hydrogens is 280 g/mol. The smallest absolute Gasteiger partial charge is 0.252 e. The zero-order chi connectivity index (χ0) is 15.0. The standard InChI is InChI=1S/C13H16N2O4S/c1-20(18,19)7-5-15-13(17)12-8-11(9-14-10-12)4-2-3-6-16/h8-10,16H,3,5-7H2,1H3,(H,15,17). The van der Waals surface area contributed by atoms with Crippen LogP contribution in [-0.4, -0.2) is 49.6 Å². The molecule has 0 aliphatic carbocycles. The monoisotopic (exact) mass is 296 g/mol. The van der Waals surface area contributed by atoms with Gasteiger partial charge in [0.15, 0.2) is 0 Å². The second kappa shape index (κ2) is 7.62. The van der Waals surface area contributed by atoms with E-state index in [2.05, 4.69) is 22.1 Å². The molecule has 0 aliphatic rings. The lowest BCUT2D eigenvalue weighted by molar-refractivity contribution is 0.0955. The first-order valence-electron chi connectivity index (χ1n) is 5.93. The van der Waals surface area contributed by atoms with Crippen LogP contribution in [0.1, 0.15) is 22.3 Å². The molecule has 0 unspecified atom stereocenters. The maximum atomic E-state index is 11.8. The lowest BCUT2D eigenvalue weighted by Gasteiger charge is -2.04. The summed E-state index contributed by atoms with van der Waals surface area (Å²) in [4.78, 5) is 15.7. The summed E-state index contributed by atoms with van der Waals surface area (Å²) in [5.41, 5.74) is 0.878. The number of aromatic nitrogens is 1. The molecule has 1 aromatic heterocycles. The molecule has 1 amide bonds. The van der Waals surface area contributed by atoms with Crippen LogP contribution in [0.4, 0.5) is 0 Å². The SMILES string of the molecule is CS(=O)(=O)CCNC(=O)c1cncc(C#CCCO)c1. The summed E-state index contributed by atoms with van der Waals surface area (Å²) < 4.78 is 21.9. The number of hydrogen-bond acceptors (Lipinski definition) is 5. The van der Waals surface area contributed by atoms with Crippen molar-refractivity contribution in [3.05, 3.63) is 29.6 Å². The average molecular weight is 296 g/mol. The van der Waals surface area contributed by atoms with E-state index < -0.39 is 15.7 Å². The minimum atomic E-state index is -3.10. The first-order chi connectivity index (χ1) is 9.42. The van der Waals surface area contributed by atoms with E-state index in [1.165, 1.54) is 12.4 Å². The van der Waals surface area contributed by atoms with Gasteiger partial charge in [-0.2, -0.15) is 0 Å².